The van der Waals surface area contributed by atoms with Gasteiger partial charge in [-0.15, -0.1) is 0 Å². The summed E-state index contributed by atoms with van der Waals surface area (Å²) in [5, 5.41) is 4.87. The lowest BCUT2D eigenvalue weighted by Crippen LogP contribution is -2.41. The van der Waals surface area contributed by atoms with Crippen molar-refractivity contribution in [1.82, 2.24) is 10.3 Å². The Labute approximate surface area is 126 Å². The first-order chi connectivity index (χ1) is 10.2. The lowest BCUT2D eigenvalue weighted by Gasteiger charge is -2.34. The number of nitrogens with zero attached hydrogens (tertiary/aromatic N) is 1. The predicted molar refractivity (Wildman–Crippen MR) is 86.4 cm³/mol. The monoisotopic (exact) mass is 284 g/mol. The summed E-state index contributed by atoms with van der Waals surface area (Å²) in [6.45, 7) is 6.30. The number of pyridine rings is 1. The third-order valence-corrected chi connectivity index (χ3v) is 4.42. The van der Waals surface area contributed by atoms with Gasteiger partial charge in [0.15, 0.2) is 0 Å². The van der Waals surface area contributed by atoms with Crippen LogP contribution >= 0.6 is 0 Å². The van der Waals surface area contributed by atoms with Crippen LogP contribution in [0.1, 0.15) is 44.7 Å². The molecule has 0 amide bonds. The molecule has 1 fully saturated rings. The zero-order valence-electron chi connectivity index (χ0n) is 12.9. The van der Waals surface area contributed by atoms with Crippen LogP contribution in [0.4, 0.5) is 0 Å². The predicted octanol–water partition coefficient (Wildman–Crippen LogP) is 3.84. The number of rotatable bonds is 5. The van der Waals surface area contributed by atoms with E-state index in [1.54, 1.807) is 0 Å². The molecule has 3 rings (SSSR count). The average molecular weight is 284 g/mol. The normalized spacial score (nSPS) is 23.5. The van der Waals surface area contributed by atoms with Crippen molar-refractivity contribution in [3.63, 3.8) is 0 Å². The molecule has 0 bridgehead atoms. The molecule has 1 N–H and O–H groups in total. The summed E-state index contributed by atoms with van der Waals surface area (Å²) in [4.78, 5) is 4.49. The molecule has 1 aliphatic rings. The van der Waals surface area contributed by atoms with E-state index in [2.05, 4.69) is 48.4 Å². The van der Waals surface area contributed by atoms with E-state index in [9.17, 15) is 0 Å². The van der Waals surface area contributed by atoms with Gasteiger partial charge in [-0.1, -0.05) is 25.1 Å². The Balaban J connectivity index is 1.96. The van der Waals surface area contributed by atoms with E-state index in [4.69, 9.17) is 4.74 Å². The number of aromatic nitrogens is 1. The first-order valence-electron chi connectivity index (χ1n) is 7.95. The fraction of sp³-hybridized carbons (Fsp3) is 0.500. The summed E-state index contributed by atoms with van der Waals surface area (Å²) >= 11 is 0. The van der Waals surface area contributed by atoms with E-state index in [1.165, 1.54) is 10.9 Å². The van der Waals surface area contributed by atoms with Gasteiger partial charge < -0.3 is 10.1 Å². The number of hydrogen-bond acceptors (Lipinski definition) is 3. The molecule has 0 spiro atoms. The molecular formula is C18H24N2O. The summed E-state index contributed by atoms with van der Waals surface area (Å²) in [6.07, 6.45) is 5.23. The Hall–Kier alpha value is -1.45. The second kappa shape index (κ2) is 6.12. The van der Waals surface area contributed by atoms with Crippen LogP contribution in [-0.4, -0.2) is 23.7 Å². The van der Waals surface area contributed by atoms with E-state index in [-0.39, 0.29) is 11.6 Å². The van der Waals surface area contributed by atoms with Gasteiger partial charge in [-0.25, -0.2) is 0 Å². The molecule has 1 aromatic carbocycles. The molecule has 1 aromatic heterocycles. The number of hydrogen-bond donors (Lipinski definition) is 1. The first kappa shape index (κ1) is 14.5. The van der Waals surface area contributed by atoms with Gasteiger partial charge in [-0.2, -0.15) is 0 Å². The van der Waals surface area contributed by atoms with Crippen LogP contribution in [0.5, 0.6) is 0 Å². The molecule has 0 saturated carbocycles. The van der Waals surface area contributed by atoms with Crippen molar-refractivity contribution < 1.29 is 4.74 Å². The van der Waals surface area contributed by atoms with Crippen LogP contribution in [0.15, 0.2) is 36.5 Å². The largest absolute Gasteiger partial charge is 0.373 e. The zero-order valence-corrected chi connectivity index (χ0v) is 12.9. The van der Waals surface area contributed by atoms with Crippen molar-refractivity contribution in [2.75, 3.05) is 13.2 Å². The topological polar surface area (TPSA) is 34.2 Å². The zero-order chi connectivity index (χ0) is 14.7. The highest BCUT2D eigenvalue weighted by Gasteiger charge is 2.39. The van der Waals surface area contributed by atoms with Crippen LogP contribution in [0, 0.1) is 0 Å². The quantitative estimate of drug-likeness (QED) is 0.905. The summed E-state index contributed by atoms with van der Waals surface area (Å²) in [7, 11) is 0. The van der Waals surface area contributed by atoms with Crippen LogP contribution in [0.3, 0.4) is 0 Å². The minimum atomic E-state index is -0.113. The third-order valence-electron chi connectivity index (χ3n) is 4.42. The van der Waals surface area contributed by atoms with Gasteiger partial charge in [0.25, 0.3) is 0 Å². The molecule has 3 nitrogen and oxygen atoms in total. The Bertz CT molecular complexity index is 605. The molecule has 0 radical (unpaired) electrons. The van der Waals surface area contributed by atoms with E-state index in [0.29, 0.717) is 0 Å². The maximum absolute atomic E-state index is 6.08. The third kappa shape index (κ3) is 2.94. The van der Waals surface area contributed by atoms with Crippen LogP contribution in [0.2, 0.25) is 0 Å². The number of benzene rings is 1. The van der Waals surface area contributed by atoms with Crippen molar-refractivity contribution in [1.29, 1.82) is 0 Å². The van der Waals surface area contributed by atoms with Gasteiger partial charge in [0, 0.05) is 18.2 Å². The Morgan fingerprint density at radius 3 is 3.05 bits per heavy atom. The summed E-state index contributed by atoms with van der Waals surface area (Å²) in [6, 6.07) is 10.9. The highest BCUT2D eigenvalue weighted by atomic mass is 16.5. The fourth-order valence-electron chi connectivity index (χ4n) is 3.27. The molecule has 112 valence electrons. The van der Waals surface area contributed by atoms with Gasteiger partial charge in [-0.3, -0.25) is 4.98 Å². The van der Waals surface area contributed by atoms with Gasteiger partial charge >= 0.3 is 0 Å². The molecule has 2 aromatic rings. The summed E-state index contributed by atoms with van der Waals surface area (Å²) in [5.41, 5.74) is 2.22. The van der Waals surface area contributed by atoms with Gasteiger partial charge in [0.2, 0.25) is 0 Å². The molecule has 21 heavy (non-hydrogen) atoms. The second-order valence-corrected chi connectivity index (χ2v) is 6.11. The Kier molecular flexibility index (Phi) is 4.22. The summed E-state index contributed by atoms with van der Waals surface area (Å²) < 4.78 is 6.08. The average Bonchev–Trinajstić information content (AvgIpc) is 2.95. The molecule has 3 heteroatoms. The van der Waals surface area contributed by atoms with Gasteiger partial charge in [-0.05, 0) is 50.4 Å². The molecule has 0 aliphatic carbocycles. The number of fused-ring (bicyclic) bond motifs is 1. The molecule has 2 heterocycles. The van der Waals surface area contributed by atoms with E-state index in [1.807, 2.05) is 12.3 Å². The maximum Gasteiger partial charge on any atom is 0.0849 e. The second-order valence-electron chi connectivity index (χ2n) is 6.11. The highest BCUT2D eigenvalue weighted by molar-refractivity contribution is 5.79. The number of nitrogens with one attached hydrogen (secondary N) is 1. The van der Waals surface area contributed by atoms with Crippen LogP contribution in [-0.2, 0) is 4.74 Å². The van der Waals surface area contributed by atoms with Gasteiger partial charge in [0.1, 0.15) is 0 Å². The molecular weight excluding hydrogens is 260 g/mol. The fourth-order valence-corrected chi connectivity index (χ4v) is 3.27. The molecule has 2 atom stereocenters. The van der Waals surface area contributed by atoms with E-state index < -0.39 is 0 Å². The molecule has 1 saturated heterocycles. The van der Waals surface area contributed by atoms with Crippen LogP contribution < -0.4 is 5.32 Å². The van der Waals surface area contributed by atoms with Crippen molar-refractivity contribution in [2.45, 2.75) is 44.8 Å². The molecule has 1 aliphatic heterocycles. The number of ether oxygens (including phenoxy) is 1. The minimum absolute atomic E-state index is 0.113. The minimum Gasteiger partial charge on any atom is -0.373 e. The van der Waals surface area contributed by atoms with E-state index >= 15 is 0 Å². The van der Waals surface area contributed by atoms with Gasteiger partial charge in [0.05, 0.1) is 17.2 Å². The standard InChI is InChI=1S/C18H24N2O/c1-3-10-20-17(18(2)9-5-12-21-18)15-8-7-14-6-4-11-19-16(14)13-15/h4,6-8,11,13,17,20H,3,5,9-10,12H2,1-2H3. The van der Waals surface area contributed by atoms with E-state index in [0.717, 1.165) is 37.9 Å². The lowest BCUT2D eigenvalue weighted by atomic mass is 9.87. The SMILES string of the molecule is CCCNC(c1ccc2cccnc2c1)C1(C)CCCO1. The Morgan fingerprint density at radius 2 is 2.29 bits per heavy atom. The highest BCUT2D eigenvalue weighted by Crippen LogP contribution is 2.38. The maximum atomic E-state index is 6.08. The first-order valence-corrected chi connectivity index (χ1v) is 7.95. The summed E-state index contributed by atoms with van der Waals surface area (Å²) in [5.74, 6) is 0. The molecule has 2 unspecified atom stereocenters. The van der Waals surface area contributed by atoms with Crippen molar-refractivity contribution in [2.24, 2.45) is 0 Å². The van der Waals surface area contributed by atoms with Crippen LogP contribution in [0.25, 0.3) is 10.9 Å². The van der Waals surface area contributed by atoms with Crippen molar-refractivity contribution in [3.8, 4) is 0 Å². The smallest absolute Gasteiger partial charge is 0.0849 e. The Morgan fingerprint density at radius 1 is 1.38 bits per heavy atom. The van der Waals surface area contributed by atoms with Crippen molar-refractivity contribution in [3.05, 3.63) is 42.1 Å². The lowest BCUT2D eigenvalue weighted by molar-refractivity contribution is -0.0124. The van der Waals surface area contributed by atoms with Crippen molar-refractivity contribution >= 4 is 10.9 Å².